The molecule has 13 nitrogen and oxygen atoms in total. The van der Waals surface area contributed by atoms with E-state index in [9.17, 15) is 55.6 Å². The highest BCUT2D eigenvalue weighted by atomic mass is 33.1. The molecule has 404 valence electrons. The molecule has 4 rings (SSSR count). The first-order valence-corrected chi connectivity index (χ1v) is 29.0. The molecule has 0 radical (unpaired) electrons. The number of hydrogen-bond donors (Lipinski definition) is 1. The number of fused-ring (bicyclic) bond motifs is 5. The van der Waals surface area contributed by atoms with E-state index >= 15 is 0 Å². The fraction of sp³-hybridized carbons (Fsp3) is 0.780. The van der Waals surface area contributed by atoms with Crippen molar-refractivity contribution in [1.29, 1.82) is 0 Å². The number of hydrogen-bond acceptors (Lipinski definition) is 15. The number of aromatic hydroxyl groups is 1. The number of unbranched alkanes of at least 4 members (excludes halogenated alkanes) is 6. The number of carbonyl (C=O) groups is 5. The minimum atomic E-state index is -5.59. The van der Waals surface area contributed by atoms with Gasteiger partial charge in [-0.15, -0.1) is 0 Å². The Labute approximate surface area is 425 Å². The predicted octanol–water partition coefficient (Wildman–Crippen LogP) is 11.7. The molecule has 8 atom stereocenters. The normalized spacial score (nSPS) is 22.6. The van der Waals surface area contributed by atoms with E-state index in [0.29, 0.717) is 66.6 Å². The number of phenolic OH excluding ortho intramolecular Hbond substituents is 1. The first-order valence-electron chi connectivity index (χ1n) is 25.0. The van der Waals surface area contributed by atoms with Crippen LogP contribution in [0.15, 0.2) is 18.2 Å². The molecule has 2 saturated carbocycles. The molecule has 3 aliphatic carbocycles. The number of ether oxygens (including phenoxy) is 6. The minimum absolute atomic E-state index is 0.118. The van der Waals surface area contributed by atoms with Crippen LogP contribution in [0.5, 0.6) is 5.75 Å². The molecule has 1 N–H and O–H groups in total. The third-order valence-electron chi connectivity index (χ3n) is 13.9. The minimum Gasteiger partial charge on any atom is -0.616 e. The Balaban J connectivity index is 1.13. The van der Waals surface area contributed by atoms with Crippen molar-refractivity contribution in [1.82, 2.24) is 0 Å². The van der Waals surface area contributed by atoms with Gasteiger partial charge in [0.25, 0.3) is 0 Å². The third kappa shape index (κ3) is 20.2. The van der Waals surface area contributed by atoms with Crippen molar-refractivity contribution in [2.24, 2.45) is 23.2 Å². The van der Waals surface area contributed by atoms with Crippen LogP contribution < -0.4 is 0 Å². The second kappa shape index (κ2) is 29.7. The van der Waals surface area contributed by atoms with Gasteiger partial charge < -0.3 is 38.1 Å². The zero-order valence-corrected chi connectivity index (χ0v) is 43.9. The maximum absolute atomic E-state index is 13.2. The average molecular weight is 1070 g/mol. The van der Waals surface area contributed by atoms with Crippen LogP contribution in [0.4, 0.5) is 26.7 Å². The summed E-state index contributed by atoms with van der Waals surface area (Å²) in [4.78, 5) is 60.2. The zero-order chi connectivity index (χ0) is 52.2. The number of rotatable bonds is 31. The van der Waals surface area contributed by atoms with E-state index in [0.717, 1.165) is 70.6 Å². The SMILES string of the molecule is CC(=O)OCC(COC(C)=O)OC(=O)CCCSSCCCC(=O)OC(C)OC(=O)O[C@H]1CC[C@H]2[C@@H]3[C@H](CCCCCCCCC[S+]([O-])CCCC(F)(F)C(F)(F)F)Cc4cc(O)ccc4[C@H]3CC[C@]12C. The molecule has 0 heterocycles. The second-order valence-corrected chi connectivity index (χ2v) is 23.7. The average Bonchev–Trinajstić information content (AvgIpc) is 3.61. The molecule has 21 heteroatoms. The molecule has 0 saturated heterocycles. The van der Waals surface area contributed by atoms with Crippen LogP contribution in [0, 0.1) is 23.2 Å². The molecular formula is C50H73F5O13S3. The largest absolute Gasteiger partial charge is 0.616 e. The van der Waals surface area contributed by atoms with E-state index in [4.69, 9.17) is 28.4 Å². The predicted molar refractivity (Wildman–Crippen MR) is 260 cm³/mol. The molecule has 71 heavy (non-hydrogen) atoms. The Bertz CT molecular complexity index is 1840. The Morgan fingerprint density at radius 2 is 1.39 bits per heavy atom. The molecule has 0 bridgehead atoms. The number of phenols is 1. The van der Waals surface area contributed by atoms with Crippen molar-refractivity contribution >= 4 is 62.8 Å². The van der Waals surface area contributed by atoms with Crippen molar-refractivity contribution in [3.63, 3.8) is 0 Å². The maximum Gasteiger partial charge on any atom is 0.511 e. The number of carbonyl (C=O) groups excluding carboxylic acids is 5. The second-order valence-electron chi connectivity index (χ2n) is 19.3. The fourth-order valence-corrected chi connectivity index (χ4v) is 13.8. The van der Waals surface area contributed by atoms with Crippen LogP contribution in [0.2, 0.25) is 0 Å². The van der Waals surface area contributed by atoms with Crippen LogP contribution in [0.1, 0.15) is 160 Å². The van der Waals surface area contributed by atoms with Crippen LogP contribution in [-0.4, -0.2) is 107 Å². The summed E-state index contributed by atoms with van der Waals surface area (Å²) >= 11 is -1.42. The maximum atomic E-state index is 13.2. The number of esters is 4. The summed E-state index contributed by atoms with van der Waals surface area (Å²) in [6.07, 6.45) is 2.36. The lowest BCUT2D eigenvalue weighted by molar-refractivity contribution is -0.284. The first kappa shape index (κ1) is 60.4. The quantitative estimate of drug-likeness (QED) is 0.0141. The topological polar surface area (TPSA) is 184 Å². The molecule has 0 aliphatic heterocycles. The Hall–Kier alpha value is -3.17. The van der Waals surface area contributed by atoms with Crippen molar-refractivity contribution in [2.45, 2.75) is 186 Å². The first-order chi connectivity index (χ1) is 33.6. The zero-order valence-electron chi connectivity index (χ0n) is 41.4. The molecule has 0 aromatic heterocycles. The molecule has 3 aliphatic rings. The highest BCUT2D eigenvalue weighted by Gasteiger charge is 2.59. The van der Waals surface area contributed by atoms with E-state index in [-0.39, 0.29) is 49.1 Å². The lowest BCUT2D eigenvalue weighted by atomic mass is 9.52. The van der Waals surface area contributed by atoms with E-state index < -0.39 is 78.5 Å². The molecule has 2 unspecified atom stereocenters. The van der Waals surface area contributed by atoms with Gasteiger partial charge in [-0.05, 0) is 118 Å². The van der Waals surface area contributed by atoms with Gasteiger partial charge in [0, 0.05) is 57.0 Å². The summed E-state index contributed by atoms with van der Waals surface area (Å²) < 4.78 is 107. The van der Waals surface area contributed by atoms with Gasteiger partial charge in [0.1, 0.15) is 36.6 Å². The number of alkyl halides is 5. The standard InChI is InChI=1S/C50H73F5O13S3/c1-33(56)63-31-39(32-64-34(2)57)67-45(60)17-13-26-70-69-25-12-16-44(59)65-35(3)66-47(61)68-43-21-20-42-46-36(29-37-30-38(58)18-19-40(37)41(46)22-24-48(42,43)4)15-10-8-6-5-7-9-11-27-71(62)28-14-23-49(51,52)50(53,54)55/h18-19,30,35-36,39,41-43,46,58H,5-17,20-29,31-32H2,1-4H3/t35?,36-,41-,42+,43+,46-,48+,71?/m1/s1. The van der Waals surface area contributed by atoms with Crippen molar-refractivity contribution in [3.8, 4) is 5.75 Å². The van der Waals surface area contributed by atoms with Gasteiger partial charge in [0.15, 0.2) is 6.10 Å². The van der Waals surface area contributed by atoms with Crippen LogP contribution in [-0.2, 0) is 65.2 Å². The summed E-state index contributed by atoms with van der Waals surface area (Å²) in [6, 6.07) is 5.74. The van der Waals surface area contributed by atoms with E-state index in [2.05, 4.69) is 13.0 Å². The lowest BCUT2D eigenvalue weighted by Crippen LogP contribution is -2.48. The van der Waals surface area contributed by atoms with Crippen molar-refractivity contribution in [2.75, 3.05) is 36.2 Å². The van der Waals surface area contributed by atoms with Crippen LogP contribution >= 0.6 is 21.6 Å². The highest BCUT2D eigenvalue weighted by Crippen LogP contribution is 2.63. The lowest BCUT2D eigenvalue weighted by Gasteiger charge is -2.53. The van der Waals surface area contributed by atoms with E-state index in [1.807, 2.05) is 6.07 Å². The summed E-state index contributed by atoms with van der Waals surface area (Å²) in [5.74, 6) is -3.81. The summed E-state index contributed by atoms with van der Waals surface area (Å²) in [7, 11) is 3.08. The third-order valence-corrected chi connectivity index (χ3v) is 17.9. The molecule has 0 amide bonds. The monoisotopic (exact) mass is 1070 g/mol. The van der Waals surface area contributed by atoms with Crippen LogP contribution in [0.25, 0.3) is 0 Å². The summed E-state index contributed by atoms with van der Waals surface area (Å²) in [5, 5.41) is 10.4. The van der Waals surface area contributed by atoms with Gasteiger partial charge >= 0.3 is 42.1 Å². The number of halogens is 5. The van der Waals surface area contributed by atoms with Gasteiger partial charge in [0.2, 0.25) is 6.29 Å². The Morgan fingerprint density at radius 3 is 2.01 bits per heavy atom. The van der Waals surface area contributed by atoms with Gasteiger partial charge in [0.05, 0.1) is 0 Å². The van der Waals surface area contributed by atoms with E-state index in [1.165, 1.54) is 42.7 Å². The number of benzene rings is 1. The fourth-order valence-electron chi connectivity index (χ4n) is 10.5. The molecule has 1 aromatic rings. The van der Waals surface area contributed by atoms with Crippen LogP contribution in [0.3, 0.4) is 0 Å². The Morgan fingerprint density at radius 1 is 0.803 bits per heavy atom. The van der Waals surface area contributed by atoms with Gasteiger partial charge in [-0.3, -0.25) is 19.2 Å². The molecule has 0 spiro atoms. The highest BCUT2D eigenvalue weighted by molar-refractivity contribution is 8.76. The summed E-state index contributed by atoms with van der Waals surface area (Å²) in [5.41, 5.74) is 2.22. The van der Waals surface area contributed by atoms with E-state index in [1.54, 1.807) is 16.9 Å². The van der Waals surface area contributed by atoms with Gasteiger partial charge in [-0.25, -0.2) is 4.79 Å². The Kier molecular flexibility index (Phi) is 25.2. The van der Waals surface area contributed by atoms with Crippen molar-refractivity contribution in [3.05, 3.63) is 29.3 Å². The molecular weight excluding hydrogens is 1000 g/mol. The molecule has 2 fully saturated rings. The molecule has 1 aromatic carbocycles. The smallest absolute Gasteiger partial charge is 0.511 e. The van der Waals surface area contributed by atoms with Gasteiger partial charge in [-0.2, -0.15) is 22.0 Å². The van der Waals surface area contributed by atoms with Crippen molar-refractivity contribution < 1.29 is 84.0 Å². The van der Waals surface area contributed by atoms with Gasteiger partial charge in [-0.1, -0.05) is 77.9 Å². The summed E-state index contributed by atoms with van der Waals surface area (Å²) in [6.45, 7) is 5.70.